The van der Waals surface area contributed by atoms with Crippen LogP contribution in [0.2, 0.25) is 0 Å². The lowest BCUT2D eigenvalue weighted by atomic mass is 10.1. The van der Waals surface area contributed by atoms with E-state index in [0.29, 0.717) is 5.39 Å². The molecule has 2 aromatic carbocycles. The summed E-state index contributed by atoms with van der Waals surface area (Å²) in [7, 11) is 1.61. The standard InChI is InChI=1S/C21H19BrN2O3/c1-12(13-3-5-16(27-2)6-4-13)23-21(26)18-11-24-8-7-14-9-15(22)10-17(19(14)24)20(18)25/h3-6,9-12H,7-8H2,1-2H3,(H,23,26). The van der Waals surface area contributed by atoms with Crippen molar-refractivity contribution in [2.75, 3.05) is 7.11 Å². The van der Waals surface area contributed by atoms with Crippen LogP contribution in [0.5, 0.6) is 5.75 Å². The zero-order chi connectivity index (χ0) is 19.1. The maximum Gasteiger partial charge on any atom is 0.257 e. The summed E-state index contributed by atoms with van der Waals surface area (Å²) in [5.41, 5.74) is 2.96. The number of pyridine rings is 1. The van der Waals surface area contributed by atoms with Crippen LogP contribution in [0.25, 0.3) is 10.9 Å². The summed E-state index contributed by atoms with van der Waals surface area (Å²) in [5.74, 6) is 0.400. The first-order chi connectivity index (χ1) is 13.0. The van der Waals surface area contributed by atoms with Gasteiger partial charge >= 0.3 is 0 Å². The number of halogens is 1. The minimum absolute atomic E-state index is 0.175. The smallest absolute Gasteiger partial charge is 0.257 e. The number of rotatable bonds is 4. The molecule has 4 rings (SSSR count). The molecule has 1 atom stereocenters. The number of aromatic nitrogens is 1. The van der Waals surface area contributed by atoms with Crippen LogP contribution in [0, 0.1) is 0 Å². The van der Waals surface area contributed by atoms with Crippen molar-refractivity contribution in [2.24, 2.45) is 0 Å². The molecule has 1 N–H and O–H groups in total. The van der Waals surface area contributed by atoms with Crippen LogP contribution in [-0.4, -0.2) is 17.6 Å². The van der Waals surface area contributed by atoms with Crippen LogP contribution < -0.4 is 15.5 Å². The highest BCUT2D eigenvalue weighted by atomic mass is 79.9. The summed E-state index contributed by atoms with van der Waals surface area (Å²) in [6.07, 6.45) is 2.55. The lowest BCUT2D eigenvalue weighted by Crippen LogP contribution is -2.31. The molecule has 0 saturated heterocycles. The molecule has 5 nitrogen and oxygen atoms in total. The van der Waals surface area contributed by atoms with E-state index < -0.39 is 0 Å². The van der Waals surface area contributed by atoms with Gasteiger partial charge in [0.05, 0.1) is 18.7 Å². The Morgan fingerprint density at radius 1 is 1.26 bits per heavy atom. The largest absolute Gasteiger partial charge is 0.497 e. The monoisotopic (exact) mass is 426 g/mol. The Morgan fingerprint density at radius 3 is 2.70 bits per heavy atom. The van der Waals surface area contributed by atoms with E-state index in [1.807, 2.05) is 41.8 Å². The second-order valence-electron chi connectivity index (χ2n) is 6.74. The van der Waals surface area contributed by atoms with Gasteiger partial charge in [-0.2, -0.15) is 0 Å². The molecule has 0 bridgehead atoms. The summed E-state index contributed by atoms with van der Waals surface area (Å²) in [6.45, 7) is 2.67. The van der Waals surface area contributed by atoms with Gasteiger partial charge in [-0.3, -0.25) is 9.59 Å². The summed E-state index contributed by atoms with van der Waals surface area (Å²) < 4.78 is 8.03. The van der Waals surface area contributed by atoms with Crippen LogP contribution in [0.15, 0.2) is 51.9 Å². The number of methoxy groups -OCH3 is 1. The molecule has 1 unspecified atom stereocenters. The van der Waals surface area contributed by atoms with E-state index in [-0.39, 0.29) is 22.9 Å². The molecule has 1 aromatic heterocycles. The number of nitrogens with one attached hydrogen (secondary N) is 1. The molecule has 2 heterocycles. The zero-order valence-electron chi connectivity index (χ0n) is 15.1. The number of ether oxygens (including phenoxy) is 1. The van der Waals surface area contributed by atoms with E-state index in [1.165, 1.54) is 0 Å². The first-order valence-corrected chi connectivity index (χ1v) is 9.57. The first kappa shape index (κ1) is 17.8. The van der Waals surface area contributed by atoms with Crippen molar-refractivity contribution in [1.29, 1.82) is 0 Å². The molecule has 3 aromatic rings. The second-order valence-corrected chi connectivity index (χ2v) is 7.66. The van der Waals surface area contributed by atoms with Gasteiger partial charge in [0.1, 0.15) is 11.3 Å². The van der Waals surface area contributed by atoms with Crippen molar-refractivity contribution in [3.8, 4) is 5.75 Å². The Morgan fingerprint density at radius 2 is 2.00 bits per heavy atom. The Bertz CT molecular complexity index is 1100. The van der Waals surface area contributed by atoms with Gasteiger partial charge in [-0.05, 0) is 48.7 Å². The van der Waals surface area contributed by atoms with Gasteiger partial charge in [0, 0.05) is 22.6 Å². The molecule has 1 amide bonds. The number of benzene rings is 2. The van der Waals surface area contributed by atoms with Gasteiger partial charge < -0.3 is 14.6 Å². The van der Waals surface area contributed by atoms with Crippen LogP contribution in [-0.2, 0) is 13.0 Å². The van der Waals surface area contributed by atoms with E-state index in [1.54, 1.807) is 19.4 Å². The van der Waals surface area contributed by atoms with Crippen molar-refractivity contribution < 1.29 is 9.53 Å². The lowest BCUT2D eigenvalue weighted by molar-refractivity contribution is 0.0938. The van der Waals surface area contributed by atoms with Crippen LogP contribution >= 0.6 is 15.9 Å². The fraction of sp³-hybridized carbons (Fsp3) is 0.238. The van der Waals surface area contributed by atoms with Gasteiger partial charge in [0.15, 0.2) is 0 Å². The van der Waals surface area contributed by atoms with Gasteiger partial charge in [-0.1, -0.05) is 28.1 Å². The van der Waals surface area contributed by atoms with Gasteiger partial charge in [-0.15, -0.1) is 0 Å². The molecule has 1 aliphatic rings. The highest BCUT2D eigenvalue weighted by Crippen LogP contribution is 2.28. The van der Waals surface area contributed by atoms with Crippen LogP contribution in [0.1, 0.15) is 34.5 Å². The Labute approximate surface area is 165 Å². The van der Waals surface area contributed by atoms with Crippen molar-refractivity contribution in [3.63, 3.8) is 0 Å². The van der Waals surface area contributed by atoms with Gasteiger partial charge in [-0.25, -0.2) is 0 Å². The molecule has 0 spiro atoms. The van der Waals surface area contributed by atoms with Crippen molar-refractivity contribution in [2.45, 2.75) is 25.9 Å². The molecule has 138 valence electrons. The zero-order valence-corrected chi connectivity index (χ0v) is 16.7. The van der Waals surface area contributed by atoms with Gasteiger partial charge in [0.25, 0.3) is 5.91 Å². The number of amides is 1. The highest BCUT2D eigenvalue weighted by Gasteiger charge is 2.22. The lowest BCUT2D eigenvalue weighted by Gasteiger charge is -2.15. The average Bonchev–Trinajstić information content (AvgIpc) is 3.07. The third kappa shape index (κ3) is 3.14. The predicted octanol–water partition coefficient (Wildman–Crippen LogP) is 3.82. The normalized spacial score (nSPS) is 13.6. The predicted molar refractivity (Wildman–Crippen MR) is 108 cm³/mol. The molecular formula is C21H19BrN2O3. The van der Waals surface area contributed by atoms with E-state index >= 15 is 0 Å². The van der Waals surface area contributed by atoms with E-state index in [0.717, 1.165) is 39.8 Å². The fourth-order valence-electron chi connectivity index (χ4n) is 3.61. The topological polar surface area (TPSA) is 60.3 Å². The van der Waals surface area contributed by atoms with Crippen LogP contribution in [0.3, 0.4) is 0 Å². The Kier molecular flexibility index (Phi) is 4.52. The quantitative estimate of drug-likeness (QED) is 0.689. The first-order valence-electron chi connectivity index (χ1n) is 8.78. The molecule has 0 saturated carbocycles. The van der Waals surface area contributed by atoms with E-state index in [4.69, 9.17) is 4.74 Å². The summed E-state index contributed by atoms with van der Waals surface area (Å²) in [6, 6.07) is 11.1. The maximum atomic E-state index is 12.9. The van der Waals surface area contributed by atoms with Crippen molar-refractivity contribution in [3.05, 3.63) is 74.0 Å². The molecule has 1 aliphatic heterocycles. The molecule has 6 heteroatoms. The summed E-state index contributed by atoms with van der Waals surface area (Å²) in [4.78, 5) is 25.8. The minimum atomic E-state index is -0.359. The molecule has 0 radical (unpaired) electrons. The number of carbonyl (C=O) groups is 1. The highest BCUT2D eigenvalue weighted by molar-refractivity contribution is 9.10. The third-order valence-corrected chi connectivity index (χ3v) is 5.50. The summed E-state index contributed by atoms with van der Waals surface area (Å²) >= 11 is 3.47. The second kappa shape index (κ2) is 6.85. The third-order valence-electron chi connectivity index (χ3n) is 5.05. The van der Waals surface area contributed by atoms with E-state index in [9.17, 15) is 9.59 Å². The number of carbonyl (C=O) groups excluding carboxylic acids is 1. The molecule has 0 aliphatic carbocycles. The SMILES string of the molecule is COc1ccc(C(C)NC(=O)c2cn3c4c(cc(Br)cc4c2=O)CC3)cc1. The van der Waals surface area contributed by atoms with Crippen molar-refractivity contribution in [1.82, 2.24) is 9.88 Å². The average molecular weight is 427 g/mol. The summed E-state index contributed by atoms with van der Waals surface area (Å²) in [5, 5.41) is 3.52. The van der Waals surface area contributed by atoms with Crippen molar-refractivity contribution >= 4 is 32.7 Å². The van der Waals surface area contributed by atoms with E-state index in [2.05, 4.69) is 21.2 Å². The molecule has 0 fully saturated rings. The Balaban J connectivity index is 1.67. The Hall–Kier alpha value is -2.60. The molecule has 27 heavy (non-hydrogen) atoms. The number of hydrogen-bond acceptors (Lipinski definition) is 3. The number of aryl methyl sites for hydroxylation is 2. The number of hydrogen-bond donors (Lipinski definition) is 1. The number of nitrogens with zero attached hydrogens (tertiary/aromatic N) is 1. The van der Waals surface area contributed by atoms with Gasteiger partial charge in [0.2, 0.25) is 5.43 Å². The maximum absolute atomic E-state index is 12.9. The molecular weight excluding hydrogens is 408 g/mol. The van der Waals surface area contributed by atoms with Crippen LogP contribution in [0.4, 0.5) is 0 Å². The fourth-order valence-corrected chi connectivity index (χ4v) is 4.12. The minimum Gasteiger partial charge on any atom is -0.497 e.